The van der Waals surface area contributed by atoms with Crippen molar-refractivity contribution in [3.63, 3.8) is 0 Å². The lowest BCUT2D eigenvalue weighted by Crippen LogP contribution is -2.42. The molecule has 4 rings (SSSR count). The van der Waals surface area contributed by atoms with Crippen molar-refractivity contribution in [2.75, 3.05) is 7.11 Å². The molecule has 7 heteroatoms. The normalized spacial score (nSPS) is 19.2. The Bertz CT molecular complexity index is 1130. The summed E-state index contributed by atoms with van der Waals surface area (Å²) in [7, 11) is 1.60. The number of amides is 2. The Morgan fingerprint density at radius 2 is 1.71 bits per heavy atom. The van der Waals surface area contributed by atoms with Crippen LogP contribution in [0.2, 0.25) is 5.02 Å². The molecule has 6 nitrogen and oxygen atoms in total. The van der Waals surface area contributed by atoms with Gasteiger partial charge in [0.25, 0.3) is 5.91 Å². The van der Waals surface area contributed by atoms with Crippen LogP contribution in [0.3, 0.4) is 0 Å². The zero-order valence-corrected chi connectivity index (χ0v) is 17.5. The van der Waals surface area contributed by atoms with Gasteiger partial charge in [0.15, 0.2) is 6.04 Å². The third-order valence-corrected chi connectivity index (χ3v) is 5.34. The number of para-hydroxylation sites is 1. The number of hydrazine groups is 1. The molecule has 1 saturated heterocycles. The Labute approximate surface area is 185 Å². The molecule has 1 fully saturated rings. The number of hydrogen-bond acceptors (Lipinski definition) is 3. The van der Waals surface area contributed by atoms with Gasteiger partial charge in [0, 0.05) is 16.1 Å². The number of ether oxygens (including phenoxy) is 1. The number of hydrazone groups is 1. The fourth-order valence-corrected chi connectivity index (χ4v) is 3.71. The standard InChI is InChI=1S/C24H20ClN3O3/c1-31-20-10-6-5-9-18(20)15-28-22(16-7-3-2-4-8-16)21(24(30)27-28)26-23(29)17-11-13-19(25)14-12-17/h2-15,21-22H,1H3,(H-,26,27,29,30)/p+1/b28-15-/t21-,22+/m0/s1. The van der Waals surface area contributed by atoms with Crippen LogP contribution in [0.15, 0.2) is 78.9 Å². The average molecular weight is 435 g/mol. The molecule has 31 heavy (non-hydrogen) atoms. The fourth-order valence-electron chi connectivity index (χ4n) is 3.58. The Kier molecular flexibility index (Phi) is 6.00. The molecule has 0 aromatic heterocycles. The van der Waals surface area contributed by atoms with Crippen LogP contribution in [0, 0.1) is 0 Å². The number of nitrogens with one attached hydrogen (secondary N) is 2. The molecule has 1 aliphatic heterocycles. The molecule has 1 heterocycles. The van der Waals surface area contributed by atoms with Crippen molar-refractivity contribution in [1.82, 2.24) is 10.7 Å². The predicted octanol–water partition coefficient (Wildman–Crippen LogP) is 3.36. The minimum atomic E-state index is -0.795. The first-order valence-electron chi connectivity index (χ1n) is 9.75. The second-order valence-electron chi connectivity index (χ2n) is 7.07. The maximum Gasteiger partial charge on any atom is 0.304 e. The van der Waals surface area contributed by atoms with Crippen LogP contribution in [0.4, 0.5) is 0 Å². The van der Waals surface area contributed by atoms with E-state index in [1.165, 1.54) is 0 Å². The molecule has 2 amide bonds. The molecule has 0 bridgehead atoms. The predicted molar refractivity (Wildman–Crippen MR) is 118 cm³/mol. The molecule has 2 atom stereocenters. The number of nitrogens with zero attached hydrogens (tertiary/aromatic N) is 1. The number of rotatable bonds is 5. The van der Waals surface area contributed by atoms with Crippen LogP contribution in [0.25, 0.3) is 0 Å². The number of methoxy groups -OCH3 is 1. The quantitative estimate of drug-likeness (QED) is 0.605. The number of benzene rings is 3. The van der Waals surface area contributed by atoms with Crippen LogP contribution in [0.5, 0.6) is 5.75 Å². The van der Waals surface area contributed by atoms with Gasteiger partial charge in [0.1, 0.15) is 5.75 Å². The Morgan fingerprint density at radius 1 is 1.03 bits per heavy atom. The molecule has 3 aromatic carbocycles. The van der Waals surface area contributed by atoms with Crippen molar-refractivity contribution < 1.29 is 19.0 Å². The molecule has 2 N–H and O–H groups in total. The zero-order chi connectivity index (χ0) is 21.8. The lowest BCUT2D eigenvalue weighted by atomic mass is 10.00. The topological polar surface area (TPSA) is 70.4 Å². The van der Waals surface area contributed by atoms with E-state index in [2.05, 4.69) is 10.7 Å². The minimum absolute atomic E-state index is 0.303. The van der Waals surface area contributed by atoms with Crippen molar-refractivity contribution in [3.8, 4) is 5.75 Å². The minimum Gasteiger partial charge on any atom is -0.496 e. The lowest BCUT2D eigenvalue weighted by molar-refractivity contribution is -0.596. The summed E-state index contributed by atoms with van der Waals surface area (Å²) in [6.07, 6.45) is 1.81. The molecular weight excluding hydrogens is 414 g/mol. The van der Waals surface area contributed by atoms with Crippen molar-refractivity contribution in [2.45, 2.75) is 12.1 Å². The maximum absolute atomic E-state index is 12.9. The maximum atomic E-state index is 12.9. The van der Waals surface area contributed by atoms with Gasteiger partial charge in [0.05, 0.1) is 12.7 Å². The van der Waals surface area contributed by atoms with E-state index in [9.17, 15) is 9.59 Å². The van der Waals surface area contributed by atoms with Crippen LogP contribution < -0.4 is 15.5 Å². The van der Waals surface area contributed by atoms with Gasteiger partial charge in [-0.25, -0.2) is 0 Å². The van der Waals surface area contributed by atoms with Crippen molar-refractivity contribution >= 4 is 29.6 Å². The van der Waals surface area contributed by atoms with E-state index in [1.54, 1.807) is 36.1 Å². The number of carbonyl (C=O) groups excluding carboxylic acids is 2. The van der Waals surface area contributed by atoms with Crippen LogP contribution >= 0.6 is 11.6 Å². The number of carbonyl (C=O) groups is 2. The second kappa shape index (κ2) is 9.02. The molecule has 0 unspecified atom stereocenters. The SMILES string of the molecule is COc1ccccc1/C=[N+]1\NC(=O)[C@@H](NC(=O)c2ccc(Cl)cc2)[C@H]1c1ccccc1. The van der Waals surface area contributed by atoms with Crippen LogP contribution in [-0.2, 0) is 4.79 Å². The average Bonchev–Trinajstić information content (AvgIpc) is 3.09. The highest BCUT2D eigenvalue weighted by Gasteiger charge is 2.47. The summed E-state index contributed by atoms with van der Waals surface area (Å²) in [6, 6.07) is 22.4. The summed E-state index contributed by atoms with van der Waals surface area (Å²) in [5.74, 6) is 0.0245. The summed E-state index contributed by atoms with van der Waals surface area (Å²) < 4.78 is 7.14. The second-order valence-corrected chi connectivity index (χ2v) is 7.50. The Hall–Kier alpha value is -3.64. The summed E-state index contributed by atoms with van der Waals surface area (Å²) in [4.78, 5) is 25.7. The van der Waals surface area contributed by atoms with Crippen LogP contribution in [0.1, 0.15) is 27.5 Å². The highest BCUT2D eigenvalue weighted by atomic mass is 35.5. The first-order chi connectivity index (χ1) is 15.1. The van der Waals surface area contributed by atoms with Crippen molar-refractivity contribution in [1.29, 1.82) is 0 Å². The molecule has 156 valence electrons. The van der Waals surface area contributed by atoms with Gasteiger partial charge in [-0.2, -0.15) is 0 Å². The van der Waals surface area contributed by atoms with Gasteiger partial charge in [0.2, 0.25) is 12.3 Å². The molecule has 0 radical (unpaired) electrons. The number of halogens is 1. The molecule has 0 saturated carbocycles. The van der Waals surface area contributed by atoms with E-state index in [4.69, 9.17) is 16.3 Å². The van der Waals surface area contributed by atoms with E-state index in [0.29, 0.717) is 16.3 Å². The van der Waals surface area contributed by atoms with Crippen molar-refractivity contribution in [3.05, 3.63) is 101 Å². The van der Waals surface area contributed by atoms with Crippen LogP contribution in [-0.4, -0.2) is 35.9 Å². The summed E-state index contributed by atoms with van der Waals surface area (Å²) in [5, 5.41) is 3.41. The van der Waals surface area contributed by atoms with E-state index in [0.717, 1.165) is 11.1 Å². The van der Waals surface area contributed by atoms with Gasteiger partial charge in [-0.15, -0.1) is 10.1 Å². The molecule has 0 aliphatic carbocycles. The first-order valence-corrected chi connectivity index (χ1v) is 10.1. The smallest absolute Gasteiger partial charge is 0.304 e. The Morgan fingerprint density at radius 3 is 2.42 bits per heavy atom. The highest BCUT2D eigenvalue weighted by molar-refractivity contribution is 6.30. The van der Waals surface area contributed by atoms with Crippen molar-refractivity contribution in [2.24, 2.45) is 0 Å². The zero-order valence-electron chi connectivity index (χ0n) is 16.8. The molecular formula is C24H21ClN3O3+. The third kappa shape index (κ3) is 4.44. The first kappa shape index (κ1) is 20.6. The van der Waals surface area contributed by atoms with E-state index in [-0.39, 0.29) is 11.8 Å². The lowest BCUT2D eigenvalue weighted by Gasteiger charge is -2.15. The largest absolute Gasteiger partial charge is 0.496 e. The number of hydrogen-bond donors (Lipinski definition) is 2. The molecule has 0 spiro atoms. The monoisotopic (exact) mass is 434 g/mol. The molecule has 3 aromatic rings. The summed E-state index contributed by atoms with van der Waals surface area (Å²) in [6.45, 7) is 0. The van der Waals surface area contributed by atoms with Gasteiger partial charge >= 0.3 is 5.91 Å². The van der Waals surface area contributed by atoms with Gasteiger partial charge in [-0.1, -0.05) is 54.1 Å². The van der Waals surface area contributed by atoms with Gasteiger partial charge in [-0.3, -0.25) is 9.59 Å². The van der Waals surface area contributed by atoms with E-state index < -0.39 is 12.1 Å². The third-order valence-electron chi connectivity index (χ3n) is 5.09. The highest BCUT2D eigenvalue weighted by Crippen LogP contribution is 2.26. The Balaban J connectivity index is 1.71. The summed E-state index contributed by atoms with van der Waals surface area (Å²) in [5.41, 5.74) is 4.98. The van der Waals surface area contributed by atoms with Gasteiger partial charge < -0.3 is 10.1 Å². The summed E-state index contributed by atoms with van der Waals surface area (Å²) >= 11 is 5.92. The van der Waals surface area contributed by atoms with E-state index >= 15 is 0 Å². The fraction of sp³-hybridized carbons (Fsp3) is 0.125. The van der Waals surface area contributed by atoms with E-state index in [1.807, 2.05) is 60.8 Å². The molecule has 1 aliphatic rings. The van der Waals surface area contributed by atoms with Gasteiger partial charge in [-0.05, 0) is 36.4 Å².